The Kier molecular flexibility index (Phi) is 3.67. The summed E-state index contributed by atoms with van der Waals surface area (Å²) in [5.41, 5.74) is 2.61. The topological polar surface area (TPSA) is 59.3 Å². The van der Waals surface area contributed by atoms with Crippen molar-refractivity contribution in [2.45, 2.75) is 12.5 Å². The van der Waals surface area contributed by atoms with Crippen molar-refractivity contribution in [3.63, 3.8) is 0 Å². The Labute approximate surface area is 61.1 Å². The standard InChI is InChI=1S/C6H15N3O/c7-9-2-1-6-5-8-3-4-10-6/h6,8-9H,1-5,7H2. The van der Waals surface area contributed by atoms with Crippen LogP contribution in [-0.4, -0.2) is 32.3 Å². The van der Waals surface area contributed by atoms with Gasteiger partial charge in [0.2, 0.25) is 0 Å². The maximum atomic E-state index is 5.42. The fourth-order valence-electron chi connectivity index (χ4n) is 1.05. The highest BCUT2D eigenvalue weighted by atomic mass is 16.5. The molecule has 1 aliphatic heterocycles. The Morgan fingerprint density at radius 2 is 2.60 bits per heavy atom. The van der Waals surface area contributed by atoms with E-state index in [1.165, 1.54) is 0 Å². The molecule has 0 amide bonds. The lowest BCUT2D eigenvalue weighted by atomic mass is 10.2. The van der Waals surface area contributed by atoms with Crippen molar-refractivity contribution in [3.8, 4) is 0 Å². The van der Waals surface area contributed by atoms with Crippen molar-refractivity contribution in [3.05, 3.63) is 0 Å². The van der Waals surface area contributed by atoms with Gasteiger partial charge < -0.3 is 10.1 Å². The van der Waals surface area contributed by atoms with Crippen LogP contribution in [0.25, 0.3) is 0 Å². The van der Waals surface area contributed by atoms with Gasteiger partial charge in [-0.15, -0.1) is 0 Å². The lowest BCUT2D eigenvalue weighted by molar-refractivity contribution is 0.0239. The maximum Gasteiger partial charge on any atom is 0.0712 e. The molecule has 10 heavy (non-hydrogen) atoms. The lowest BCUT2D eigenvalue weighted by Crippen LogP contribution is -2.40. The van der Waals surface area contributed by atoms with Gasteiger partial charge in [-0.2, -0.15) is 0 Å². The van der Waals surface area contributed by atoms with Gasteiger partial charge in [0.05, 0.1) is 12.7 Å². The number of rotatable bonds is 3. The summed E-state index contributed by atoms with van der Waals surface area (Å²) in [6.45, 7) is 3.59. The predicted octanol–water partition coefficient (Wildman–Crippen LogP) is -1.17. The highest BCUT2D eigenvalue weighted by Crippen LogP contribution is 1.98. The van der Waals surface area contributed by atoms with Gasteiger partial charge in [0.1, 0.15) is 0 Å². The van der Waals surface area contributed by atoms with Gasteiger partial charge in [-0.05, 0) is 6.42 Å². The quantitative estimate of drug-likeness (QED) is 0.346. The van der Waals surface area contributed by atoms with Crippen molar-refractivity contribution in [1.29, 1.82) is 0 Å². The normalized spacial score (nSPS) is 26.7. The zero-order chi connectivity index (χ0) is 7.23. The van der Waals surface area contributed by atoms with E-state index in [2.05, 4.69) is 10.7 Å². The molecule has 0 aromatic carbocycles. The van der Waals surface area contributed by atoms with E-state index in [-0.39, 0.29) is 0 Å². The van der Waals surface area contributed by atoms with Crippen LogP contribution in [0.2, 0.25) is 0 Å². The summed E-state index contributed by atoms with van der Waals surface area (Å²) in [4.78, 5) is 0. The first-order chi connectivity index (χ1) is 4.93. The molecule has 1 saturated heterocycles. The molecule has 4 nitrogen and oxygen atoms in total. The Bertz CT molecular complexity index is 83.1. The van der Waals surface area contributed by atoms with Crippen molar-refractivity contribution < 1.29 is 4.74 Å². The first-order valence-electron chi connectivity index (χ1n) is 3.69. The van der Waals surface area contributed by atoms with Crippen molar-refractivity contribution >= 4 is 0 Å². The van der Waals surface area contributed by atoms with Gasteiger partial charge >= 0.3 is 0 Å². The Balaban J connectivity index is 2.02. The van der Waals surface area contributed by atoms with Crippen molar-refractivity contribution in [2.24, 2.45) is 5.84 Å². The van der Waals surface area contributed by atoms with Crippen LogP contribution in [0.3, 0.4) is 0 Å². The summed E-state index contributed by atoms with van der Waals surface area (Å²) >= 11 is 0. The van der Waals surface area contributed by atoms with E-state index in [1.54, 1.807) is 0 Å². The van der Waals surface area contributed by atoms with E-state index in [4.69, 9.17) is 10.6 Å². The molecule has 0 bridgehead atoms. The van der Waals surface area contributed by atoms with Crippen LogP contribution in [-0.2, 0) is 4.74 Å². The van der Waals surface area contributed by atoms with Crippen LogP contribution in [0.1, 0.15) is 6.42 Å². The molecule has 1 rings (SSSR count). The molecule has 0 spiro atoms. The molecule has 1 atom stereocenters. The van der Waals surface area contributed by atoms with Gasteiger partial charge in [0, 0.05) is 19.6 Å². The van der Waals surface area contributed by atoms with Gasteiger partial charge in [0.15, 0.2) is 0 Å². The monoisotopic (exact) mass is 145 g/mol. The zero-order valence-electron chi connectivity index (χ0n) is 6.10. The largest absolute Gasteiger partial charge is 0.376 e. The molecule has 0 aromatic heterocycles. The van der Waals surface area contributed by atoms with Gasteiger partial charge in [-0.1, -0.05) is 0 Å². The van der Waals surface area contributed by atoms with E-state index in [0.29, 0.717) is 6.10 Å². The Morgan fingerprint density at radius 1 is 1.70 bits per heavy atom. The molecule has 0 aromatic rings. The van der Waals surface area contributed by atoms with Crippen LogP contribution >= 0.6 is 0 Å². The highest BCUT2D eigenvalue weighted by Gasteiger charge is 2.11. The average molecular weight is 145 g/mol. The van der Waals surface area contributed by atoms with E-state index in [1.807, 2.05) is 0 Å². The summed E-state index contributed by atoms with van der Waals surface area (Å²) in [6.07, 6.45) is 1.34. The summed E-state index contributed by atoms with van der Waals surface area (Å²) in [7, 11) is 0. The molecule has 60 valence electrons. The maximum absolute atomic E-state index is 5.42. The third-order valence-corrected chi connectivity index (χ3v) is 1.62. The van der Waals surface area contributed by atoms with Crippen molar-refractivity contribution in [2.75, 3.05) is 26.2 Å². The van der Waals surface area contributed by atoms with Crippen LogP contribution in [0.15, 0.2) is 0 Å². The SMILES string of the molecule is NNCCC1CNCCO1. The molecule has 1 heterocycles. The second-order valence-electron chi connectivity index (χ2n) is 2.44. The molecule has 1 unspecified atom stereocenters. The molecular formula is C6H15N3O. The summed E-state index contributed by atoms with van der Waals surface area (Å²) in [6, 6.07) is 0. The highest BCUT2D eigenvalue weighted by molar-refractivity contribution is 4.66. The minimum absolute atomic E-state index is 0.352. The predicted molar refractivity (Wildman–Crippen MR) is 39.4 cm³/mol. The van der Waals surface area contributed by atoms with Crippen molar-refractivity contribution in [1.82, 2.24) is 10.7 Å². The molecule has 1 aliphatic rings. The summed E-state index contributed by atoms with van der Waals surface area (Å²) < 4.78 is 5.42. The lowest BCUT2D eigenvalue weighted by Gasteiger charge is -2.23. The smallest absolute Gasteiger partial charge is 0.0712 e. The van der Waals surface area contributed by atoms with E-state index in [9.17, 15) is 0 Å². The van der Waals surface area contributed by atoms with E-state index >= 15 is 0 Å². The average Bonchev–Trinajstić information content (AvgIpc) is 2.03. The third-order valence-electron chi connectivity index (χ3n) is 1.62. The third kappa shape index (κ3) is 2.62. The molecule has 0 radical (unpaired) electrons. The van der Waals surface area contributed by atoms with Crippen LogP contribution in [0, 0.1) is 0 Å². The zero-order valence-corrected chi connectivity index (χ0v) is 6.10. The number of hydrogen-bond acceptors (Lipinski definition) is 4. The number of hydrogen-bond donors (Lipinski definition) is 3. The molecule has 1 fully saturated rings. The minimum Gasteiger partial charge on any atom is -0.376 e. The minimum atomic E-state index is 0.352. The fraction of sp³-hybridized carbons (Fsp3) is 1.00. The Hall–Kier alpha value is -0.160. The van der Waals surface area contributed by atoms with Crippen LogP contribution < -0.4 is 16.6 Å². The molecule has 0 saturated carbocycles. The number of nitrogens with two attached hydrogens (primary N) is 1. The number of nitrogens with one attached hydrogen (secondary N) is 2. The van der Waals surface area contributed by atoms with Gasteiger partial charge in [0.25, 0.3) is 0 Å². The van der Waals surface area contributed by atoms with E-state index < -0.39 is 0 Å². The first-order valence-corrected chi connectivity index (χ1v) is 3.69. The fourth-order valence-corrected chi connectivity index (χ4v) is 1.05. The molecule has 0 aliphatic carbocycles. The second-order valence-corrected chi connectivity index (χ2v) is 2.44. The van der Waals surface area contributed by atoms with Gasteiger partial charge in [-0.25, -0.2) is 0 Å². The van der Waals surface area contributed by atoms with Crippen LogP contribution in [0.4, 0.5) is 0 Å². The molecular weight excluding hydrogens is 130 g/mol. The number of ether oxygens (including phenoxy) is 1. The van der Waals surface area contributed by atoms with Crippen LogP contribution in [0.5, 0.6) is 0 Å². The number of hydrazine groups is 1. The van der Waals surface area contributed by atoms with E-state index in [0.717, 1.165) is 32.7 Å². The number of morpholine rings is 1. The summed E-state index contributed by atoms with van der Waals surface area (Å²) in [5, 5.41) is 3.25. The first kappa shape index (κ1) is 7.94. The second kappa shape index (κ2) is 4.62. The molecule has 4 N–H and O–H groups in total. The summed E-state index contributed by atoms with van der Waals surface area (Å²) in [5.74, 6) is 5.12. The Morgan fingerprint density at radius 3 is 3.20 bits per heavy atom. The molecule has 4 heteroatoms. The van der Waals surface area contributed by atoms with Gasteiger partial charge in [-0.3, -0.25) is 11.3 Å².